The molecule has 0 aliphatic carbocycles. The number of carbonyl (C=O) groups is 1. The first-order valence-electron chi connectivity index (χ1n) is 13.2. The topological polar surface area (TPSA) is 65.7 Å². The van der Waals surface area contributed by atoms with Crippen LogP contribution in [-0.2, 0) is 11.2 Å². The van der Waals surface area contributed by atoms with Gasteiger partial charge in [0.05, 0.1) is 5.69 Å². The minimum Gasteiger partial charge on any atom is -0.367 e. The van der Waals surface area contributed by atoms with E-state index < -0.39 is 0 Å². The molecule has 1 unspecified atom stereocenters. The van der Waals surface area contributed by atoms with Gasteiger partial charge in [-0.15, -0.1) is 0 Å². The van der Waals surface area contributed by atoms with E-state index >= 15 is 4.39 Å². The molecule has 1 atom stereocenters. The maximum Gasteiger partial charge on any atom is 0.244 e. The second kappa shape index (κ2) is 11.4. The quantitative estimate of drug-likeness (QED) is 0.418. The van der Waals surface area contributed by atoms with E-state index in [1.807, 2.05) is 60.0 Å². The summed E-state index contributed by atoms with van der Waals surface area (Å²) in [7, 11) is 0. The highest BCUT2D eigenvalue weighted by atomic mass is 19.1. The Balaban J connectivity index is 1.47. The third-order valence-corrected chi connectivity index (χ3v) is 6.80. The minimum atomic E-state index is -0.337. The molecule has 1 aliphatic heterocycles. The van der Waals surface area contributed by atoms with Gasteiger partial charge in [-0.05, 0) is 43.0 Å². The Morgan fingerprint density at radius 3 is 2.32 bits per heavy atom. The molecular weight excluding hydrogens is 469 g/mol. The molecule has 0 N–H and O–H groups in total. The highest BCUT2D eigenvalue weighted by Gasteiger charge is 2.33. The van der Waals surface area contributed by atoms with E-state index in [1.165, 1.54) is 6.07 Å². The summed E-state index contributed by atoms with van der Waals surface area (Å²) < 4.78 is 20.6. The Kier molecular flexibility index (Phi) is 8.27. The van der Waals surface area contributed by atoms with Crippen LogP contribution in [0.5, 0.6) is 0 Å². The van der Waals surface area contributed by atoms with Gasteiger partial charge in [-0.2, -0.15) is 4.98 Å². The van der Waals surface area contributed by atoms with Gasteiger partial charge in [0.1, 0.15) is 11.9 Å². The summed E-state index contributed by atoms with van der Waals surface area (Å²) in [5, 5.41) is 4.05. The van der Waals surface area contributed by atoms with Crippen molar-refractivity contribution in [3.05, 3.63) is 65.8 Å². The van der Waals surface area contributed by atoms with Gasteiger partial charge in [0.15, 0.2) is 0 Å². The van der Waals surface area contributed by atoms with Crippen molar-refractivity contribution in [3.63, 3.8) is 0 Å². The average molecular weight is 508 g/mol. The standard InChI is InChI=1S/C29H38FN5O2/c1-6-33(7-2)28(36)26(21-11-9-8-10-12-21)35-17-15-34(16-18-35)24-14-13-22(19-23(24)30)27-31-25(37-32-27)20-29(3,4)5/h8-14,19,26H,6-7,15-18,20H2,1-5H3. The number of anilines is 1. The van der Waals surface area contributed by atoms with Crippen molar-refractivity contribution in [2.24, 2.45) is 5.41 Å². The maximum absolute atomic E-state index is 15.2. The predicted molar refractivity (Wildman–Crippen MR) is 144 cm³/mol. The Labute approximate surface area is 219 Å². The molecule has 37 heavy (non-hydrogen) atoms. The number of halogens is 1. The fourth-order valence-corrected chi connectivity index (χ4v) is 4.87. The van der Waals surface area contributed by atoms with Crippen LogP contribution in [0.1, 0.15) is 52.1 Å². The Hall–Kier alpha value is -3.26. The smallest absolute Gasteiger partial charge is 0.244 e. The van der Waals surface area contributed by atoms with Crippen LogP contribution >= 0.6 is 0 Å². The van der Waals surface area contributed by atoms with Crippen molar-refractivity contribution in [2.75, 3.05) is 44.2 Å². The molecule has 7 nitrogen and oxygen atoms in total. The molecule has 0 spiro atoms. The number of aromatic nitrogens is 2. The summed E-state index contributed by atoms with van der Waals surface area (Å²) in [5.41, 5.74) is 2.16. The first-order chi connectivity index (χ1) is 17.7. The number of hydrogen-bond donors (Lipinski definition) is 0. The van der Waals surface area contributed by atoms with Crippen molar-refractivity contribution in [3.8, 4) is 11.4 Å². The van der Waals surface area contributed by atoms with Crippen LogP contribution in [0.25, 0.3) is 11.4 Å². The lowest BCUT2D eigenvalue weighted by atomic mass is 9.92. The van der Waals surface area contributed by atoms with Gasteiger partial charge >= 0.3 is 0 Å². The van der Waals surface area contributed by atoms with E-state index in [0.29, 0.717) is 68.7 Å². The molecule has 8 heteroatoms. The fraction of sp³-hybridized carbons (Fsp3) is 0.483. The summed E-state index contributed by atoms with van der Waals surface area (Å²) >= 11 is 0. The molecule has 0 radical (unpaired) electrons. The lowest BCUT2D eigenvalue weighted by Gasteiger charge is -2.41. The molecule has 1 aliphatic rings. The molecule has 1 amide bonds. The summed E-state index contributed by atoms with van der Waals surface area (Å²) in [6.45, 7) is 14.3. The molecule has 3 aromatic rings. The minimum absolute atomic E-state index is 0.0244. The molecule has 1 fully saturated rings. The molecule has 2 aromatic carbocycles. The summed E-state index contributed by atoms with van der Waals surface area (Å²) in [6.07, 6.45) is 0.658. The zero-order valence-electron chi connectivity index (χ0n) is 22.6. The molecule has 2 heterocycles. The predicted octanol–water partition coefficient (Wildman–Crippen LogP) is 5.20. The summed E-state index contributed by atoms with van der Waals surface area (Å²) in [4.78, 5) is 24.0. The zero-order valence-corrected chi connectivity index (χ0v) is 22.6. The Morgan fingerprint density at radius 2 is 1.73 bits per heavy atom. The van der Waals surface area contributed by atoms with Gasteiger partial charge in [0, 0.05) is 51.3 Å². The van der Waals surface area contributed by atoms with Gasteiger partial charge in [-0.3, -0.25) is 9.69 Å². The monoisotopic (exact) mass is 507 g/mol. The first-order valence-corrected chi connectivity index (χ1v) is 13.2. The van der Waals surface area contributed by atoms with Gasteiger partial charge in [0.2, 0.25) is 17.6 Å². The lowest BCUT2D eigenvalue weighted by Crippen LogP contribution is -2.51. The van der Waals surface area contributed by atoms with Crippen LogP contribution in [-0.4, -0.2) is 65.1 Å². The molecule has 1 aromatic heterocycles. The van der Waals surface area contributed by atoms with Crippen molar-refractivity contribution in [1.82, 2.24) is 19.9 Å². The van der Waals surface area contributed by atoms with Gasteiger partial charge in [-0.1, -0.05) is 56.3 Å². The summed E-state index contributed by atoms with van der Waals surface area (Å²) in [6, 6.07) is 14.7. The number of rotatable bonds is 8. The SMILES string of the molecule is CCN(CC)C(=O)C(c1ccccc1)N1CCN(c2ccc(-c3noc(CC(C)(C)C)n3)cc2F)CC1. The summed E-state index contributed by atoms with van der Waals surface area (Å²) in [5.74, 6) is 0.753. The maximum atomic E-state index is 15.2. The number of nitrogens with zero attached hydrogens (tertiary/aromatic N) is 5. The van der Waals surface area contributed by atoms with Crippen LogP contribution in [0.4, 0.5) is 10.1 Å². The highest BCUT2D eigenvalue weighted by molar-refractivity contribution is 5.83. The molecule has 4 rings (SSSR count). The van der Waals surface area contributed by atoms with E-state index in [4.69, 9.17) is 4.52 Å². The number of carbonyl (C=O) groups excluding carboxylic acids is 1. The zero-order chi connectivity index (χ0) is 26.6. The van der Waals surface area contributed by atoms with Crippen LogP contribution in [0.3, 0.4) is 0 Å². The number of likely N-dealkylation sites (N-methyl/N-ethyl adjacent to an activating group) is 1. The molecule has 1 saturated heterocycles. The second-order valence-electron chi connectivity index (χ2n) is 10.8. The molecule has 0 saturated carbocycles. The molecular formula is C29H38FN5O2. The van der Waals surface area contributed by atoms with Crippen LogP contribution in [0.15, 0.2) is 53.1 Å². The van der Waals surface area contributed by atoms with Gasteiger partial charge in [0.25, 0.3) is 0 Å². The Morgan fingerprint density at radius 1 is 1.05 bits per heavy atom. The van der Waals surface area contributed by atoms with Crippen molar-refractivity contribution >= 4 is 11.6 Å². The second-order valence-corrected chi connectivity index (χ2v) is 10.8. The van der Waals surface area contributed by atoms with E-state index in [9.17, 15) is 4.79 Å². The van der Waals surface area contributed by atoms with Crippen molar-refractivity contribution < 1.29 is 13.7 Å². The van der Waals surface area contributed by atoms with Crippen molar-refractivity contribution in [1.29, 1.82) is 0 Å². The third-order valence-electron chi connectivity index (χ3n) is 6.80. The van der Waals surface area contributed by atoms with E-state index in [2.05, 4.69) is 35.8 Å². The van der Waals surface area contributed by atoms with Gasteiger partial charge in [-0.25, -0.2) is 4.39 Å². The largest absolute Gasteiger partial charge is 0.367 e. The Bertz CT molecular complexity index is 1180. The van der Waals surface area contributed by atoms with E-state index in [-0.39, 0.29) is 23.2 Å². The average Bonchev–Trinajstić information content (AvgIpc) is 3.33. The van der Waals surface area contributed by atoms with Crippen LogP contribution in [0.2, 0.25) is 0 Å². The third kappa shape index (κ3) is 6.36. The van der Waals surface area contributed by atoms with E-state index in [0.717, 1.165) is 5.56 Å². The fourth-order valence-electron chi connectivity index (χ4n) is 4.87. The number of benzene rings is 2. The normalized spacial score (nSPS) is 15.6. The first kappa shape index (κ1) is 26.8. The number of hydrogen-bond acceptors (Lipinski definition) is 6. The van der Waals surface area contributed by atoms with Crippen LogP contribution in [0, 0.1) is 11.2 Å². The highest BCUT2D eigenvalue weighted by Crippen LogP contribution is 2.30. The van der Waals surface area contributed by atoms with E-state index in [1.54, 1.807) is 6.07 Å². The number of piperazine rings is 1. The van der Waals surface area contributed by atoms with Crippen LogP contribution < -0.4 is 4.90 Å². The molecule has 0 bridgehead atoms. The number of amides is 1. The van der Waals surface area contributed by atoms with Gasteiger partial charge < -0.3 is 14.3 Å². The van der Waals surface area contributed by atoms with Crippen molar-refractivity contribution in [2.45, 2.75) is 47.1 Å². The molecule has 198 valence electrons. The lowest BCUT2D eigenvalue weighted by molar-refractivity contribution is -0.137.